The van der Waals surface area contributed by atoms with E-state index in [4.69, 9.17) is 34.8 Å². The van der Waals surface area contributed by atoms with E-state index >= 15 is 0 Å². The van der Waals surface area contributed by atoms with Gasteiger partial charge in [-0.3, -0.25) is 4.72 Å². The summed E-state index contributed by atoms with van der Waals surface area (Å²) < 4.78 is 27.4. The summed E-state index contributed by atoms with van der Waals surface area (Å²) in [5.41, 5.74) is 0.469. The quantitative estimate of drug-likeness (QED) is 0.752. The number of nitrogens with zero attached hydrogens (tertiary/aromatic N) is 1. The van der Waals surface area contributed by atoms with Crippen LogP contribution in [0.15, 0.2) is 33.6 Å². The van der Waals surface area contributed by atoms with Crippen molar-refractivity contribution in [1.29, 1.82) is 0 Å². The Bertz CT molecular complexity index is 812. The lowest BCUT2D eigenvalue weighted by molar-refractivity contribution is 0.601. The molecule has 0 bridgehead atoms. The molecule has 1 aromatic heterocycles. The molecular weight excluding hydrogens is 422 g/mol. The first-order valence-corrected chi connectivity index (χ1v) is 8.92. The maximum absolute atomic E-state index is 12.3. The van der Waals surface area contributed by atoms with Crippen LogP contribution in [0.5, 0.6) is 0 Å². The van der Waals surface area contributed by atoms with Crippen LogP contribution in [0.2, 0.25) is 15.1 Å². The normalized spacial score (nSPS) is 11.5. The first-order chi connectivity index (χ1) is 9.70. The van der Waals surface area contributed by atoms with Gasteiger partial charge in [0.1, 0.15) is 0 Å². The largest absolute Gasteiger partial charge is 0.263 e. The number of halogens is 4. The molecule has 1 N–H and O–H groups in total. The van der Waals surface area contributed by atoms with E-state index in [9.17, 15) is 8.42 Å². The second-order valence-electron chi connectivity index (χ2n) is 4.07. The molecule has 0 amide bonds. The van der Waals surface area contributed by atoms with Gasteiger partial charge >= 0.3 is 0 Å². The smallest absolute Gasteiger partial charge is 0.262 e. The van der Waals surface area contributed by atoms with Gasteiger partial charge in [-0.15, -0.1) is 0 Å². The van der Waals surface area contributed by atoms with E-state index in [0.29, 0.717) is 20.2 Å². The lowest BCUT2D eigenvalue weighted by Gasteiger charge is -2.11. The predicted molar refractivity (Wildman–Crippen MR) is 89.0 cm³/mol. The zero-order valence-electron chi connectivity index (χ0n) is 10.5. The Morgan fingerprint density at radius 3 is 2.38 bits per heavy atom. The van der Waals surface area contributed by atoms with Gasteiger partial charge in [-0.05, 0) is 47.1 Å². The van der Waals surface area contributed by atoms with Crippen LogP contribution in [-0.4, -0.2) is 13.4 Å². The number of benzene rings is 1. The van der Waals surface area contributed by atoms with Crippen LogP contribution in [0.4, 0.5) is 5.82 Å². The molecule has 0 aliphatic heterocycles. The van der Waals surface area contributed by atoms with E-state index < -0.39 is 10.0 Å². The number of nitrogens with one attached hydrogen (secondary N) is 1. The lowest BCUT2D eigenvalue weighted by Crippen LogP contribution is -2.14. The number of aromatic nitrogens is 1. The van der Waals surface area contributed by atoms with Crippen molar-refractivity contribution in [3.05, 3.63) is 49.5 Å². The molecule has 0 radical (unpaired) electrons. The van der Waals surface area contributed by atoms with Crippen LogP contribution in [0.25, 0.3) is 0 Å². The van der Waals surface area contributed by atoms with E-state index in [1.165, 1.54) is 24.3 Å². The molecule has 0 saturated heterocycles. The Morgan fingerprint density at radius 2 is 1.76 bits per heavy atom. The number of aryl methyl sites for hydroxylation is 1. The molecule has 2 aromatic rings. The van der Waals surface area contributed by atoms with Gasteiger partial charge in [0.25, 0.3) is 10.0 Å². The van der Waals surface area contributed by atoms with Crippen LogP contribution < -0.4 is 4.72 Å². The fraction of sp³-hybridized carbons (Fsp3) is 0.0833. The summed E-state index contributed by atoms with van der Waals surface area (Å²) in [6.45, 7) is 1.65. The van der Waals surface area contributed by atoms with Gasteiger partial charge in [0, 0.05) is 4.47 Å². The van der Waals surface area contributed by atoms with Crippen molar-refractivity contribution in [2.75, 3.05) is 4.72 Å². The molecule has 2 rings (SSSR count). The Morgan fingerprint density at radius 1 is 1.10 bits per heavy atom. The minimum Gasteiger partial charge on any atom is -0.262 e. The monoisotopic (exact) mass is 428 g/mol. The Balaban J connectivity index is 2.42. The van der Waals surface area contributed by atoms with E-state index in [1.54, 1.807) is 6.92 Å². The van der Waals surface area contributed by atoms with Crippen LogP contribution in [0.3, 0.4) is 0 Å². The Kier molecular flexibility index (Phi) is 5.05. The number of hydrogen-bond acceptors (Lipinski definition) is 3. The molecular formula is C12H8BrCl3N2O2S. The van der Waals surface area contributed by atoms with Crippen molar-refractivity contribution >= 4 is 66.6 Å². The van der Waals surface area contributed by atoms with Gasteiger partial charge in [0.2, 0.25) is 0 Å². The number of rotatable bonds is 3. The molecule has 9 heteroatoms. The van der Waals surface area contributed by atoms with Crippen LogP contribution in [-0.2, 0) is 10.0 Å². The molecule has 0 atom stereocenters. The number of anilines is 1. The van der Waals surface area contributed by atoms with Crippen LogP contribution >= 0.6 is 50.7 Å². The summed E-state index contributed by atoms with van der Waals surface area (Å²) in [6.07, 6.45) is 0. The van der Waals surface area contributed by atoms with Crippen molar-refractivity contribution in [1.82, 2.24) is 4.98 Å². The standard InChI is InChI=1S/C12H8BrCl3N2O2S/c1-6-10(15)5-11(16)12(17-6)18-21(19,20)7-2-3-9(14)8(13)4-7/h2-5H,1H3,(H,17,18). The third-order valence-corrected chi connectivity index (χ3v) is 5.76. The summed E-state index contributed by atoms with van der Waals surface area (Å²) in [5, 5.41) is 0.881. The molecule has 0 fully saturated rings. The van der Waals surface area contributed by atoms with E-state index in [1.807, 2.05) is 0 Å². The molecule has 0 aliphatic carbocycles. The highest BCUT2D eigenvalue weighted by Crippen LogP contribution is 2.29. The maximum Gasteiger partial charge on any atom is 0.263 e. The minimum atomic E-state index is -3.83. The summed E-state index contributed by atoms with van der Waals surface area (Å²) in [7, 11) is -3.83. The van der Waals surface area contributed by atoms with Crippen LogP contribution in [0.1, 0.15) is 5.69 Å². The fourth-order valence-electron chi connectivity index (χ4n) is 1.46. The number of sulfonamides is 1. The summed E-state index contributed by atoms with van der Waals surface area (Å²) in [6, 6.07) is 5.68. The SMILES string of the molecule is Cc1nc(NS(=O)(=O)c2ccc(Cl)c(Br)c2)c(Cl)cc1Cl. The molecule has 1 heterocycles. The van der Waals surface area contributed by atoms with E-state index in [0.717, 1.165) is 0 Å². The van der Waals surface area contributed by atoms with Crippen molar-refractivity contribution in [3.63, 3.8) is 0 Å². The molecule has 4 nitrogen and oxygen atoms in total. The Hall–Kier alpha value is -0.530. The first-order valence-electron chi connectivity index (χ1n) is 5.51. The first kappa shape index (κ1) is 16.8. The fourth-order valence-corrected chi connectivity index (χ4v) is 3.62. The van der Waals surface area contributed by atoms with Gasteiger partial charge in [-0.2, -0.15) is 0 Å². The van der Waals surface area contributed by atoms with Gasteiger partial charge in [0.15, 0.2) is 5.82 Å². The van der Waals surface area contributed by atoms with Crippen molar-refractivity contribution in [3.8, 4) is 0 Å². The van der Waals surface area contributed by atoms with Gasteiger partial charge < -0.3 is 0 Å². The van der Waals surface area contributed by atoms with Crippen molar-refractivity contribution in [2.24, 2.45) is 0 Å². The zero-order chi connectivity index (χ0) is 15.8. The number of hydrogen-bond donors (Lipinski definition) is 1. The summed E-state index contributed by atoms with van der Waals surface area (Å²) in [4.78, 5) is 4.06. The highest BCUT2D eigenvalue weighted by molar-refractivity contribution is 9.10. The Labute approximate surface area is 145 Å². The lowest BCUT2D eigenvalue weighted by atomic mass is 10.4. The molecule has 0 unspecified atom stereocenters. The van der Waals surface area contributed by atoms with Crippen molar-refractivity contribution in [2.45, 2.75) is 11.8 Å². The predicted octanol–water partition coefficient (Wildman–Crippen LogP) is 4.91. The van der Waals surface area contributed by atoms with Gasteiger partial charge in [-0.1, -0.05) is 34.8 Å². The van der Waals surface area contributed by atoms with E-state index in [2.05, 4.69) is 25.6 Å². The van der Waals surface area contributed by atoms with Gasteiger partial charge in [0.05, 0.1) is 25.7 Å². The number of pyridine rings is 1. The average Bonchev–Trinajstić information content (AvgIpc) is 2.39. The highest BCUT2D eigenvalue weighted by Gasteiger charge is 2.18. The average molecular weight is 431 g/mol. The molecule has 21 heavy (non-hydrogen) atoms. The summed E-state index contributed by atoms with van der Waals surface area (Å²) >= 11 is 20.8. The molecule has 0 saturated carbocycles. The minimum absolute atomic E-state index is 0.0182. The highest BCUT2D eigenvalue weighted by atomic mass is 79.9. The van der Waals surface area contributed by atoms with Crippen LogP contribution in [0, 0.1) is 6.92 Å². The summed E-state index contributed by atoms with van der Waals surface area (Å²) in [5.74, 6) is 0.0182. The van der Waals surface area contributed by atoms with E-state index in [-0.39, 0.29) is 15.7 Å². The second kappa shape index (κ2) is 6.30. The maximum atomic E-state index is 12.3. The third-order valence-electron chi connectivity index (χ3n) is 2.54. The third kappa shape index (κ3) is 3.81. The molecule has 1 aromatic carbocycles. The van der Waals surface area contributed by atoms with Gasteiger partial charge in [-0.25, -0.2) is 13.4 Å². The molecule has 0 aliphatic rings. The second-order valence-corrected chi connectivity index (χ2v) is 7.83. The molecule has 112 valence electrons. The topological polar surface area (TPSA) is 59.1 Å². The molecule has 0 spiro atoms. The zero-order valence-corrected chi connectivity index (χ0v) is 15.2. The van der Waals surface area contributed by atoms with Crippen molar-refractivity contribution < 1.29 is 8.42 Å².